The summed E-state index contributed by atoms with van der Waals surface area (Å²) in [4.78, 5) is 25.0. The molecule has 2 aliphatic rings. The number of hydrogen-bond acceptors (Lipinski definition) is 8. The van der Waals surface area contributed by atoms with Crippen molar-refractivity contribution in [3.8, 4) is 11.5 Å². The maximum Gasteiger partial charge on any atom is 0.410 e. The molecule has 3 heterocycles. The quantitative estimate of drug-likeness (QED) is 0.744. The van der Waals surface area contributed by atoms with E-state index in [2.05, 4.69) is 20.2 Å². The van der Waals surface area contributed by atoms with Crippen LogP contribution in [0.4, 0.5) is 22.1 Å². The van der Waals surface area contributed by atoms with E-state index in [1.165, 1.54) is 0 Å². The zero-order valence-electron chi connectivity index (χ0n) is 19.1. The van der Waals surface area contributed by atoms with Gasteiger partial charge in [-0.05, 0) is 51.7 Å². The van der Waals surface area contributed by atoms with Crippen LogP contribution in [0.3, 0.4) is 0 Å². The summed E-state index contributed by atoms with van der Waals surface area (Å²) >= 11 is 0. The van der Waals surface area contributed by atoms with Crippen LogP contribution in [0.25, 0.3) is 0 Å². The molecule has 1 N–H and O–H groups in total. The van der Waals surface area contributed by atoms with Crippen molar-refractivity contribution >= 4 is 23.4 Å². The summed E-state index contributed by atoms with van der Waals surface area (Å²) in [6.45, 7) is 8.22. The third-order valence-electron chi connectivity index (χ3n) is 5.49. The third-order valence-corrected chi connectivity index (χ3v) is 5.49. The molecule has 2 aliphatic heterocycles. The molecule has 1 aromatic heterocycles. The Morgan fingerprint density at radius 1 is 1.19 bits per heavy atom. The van der Waals surface area contributed by atoms with Crippen LogP contribution in [0.1, 0.15) is 33.6 Å². The number of likely N-dealkylation sites (tertiary alicyclic amines) is 1. The molecule has 0 unspecified atom stereocenters. The number of carbonyl (C=O) groups excluding carboxylic acids is 1. The number of carbonyl (C=O) groups is 1. The van der Waals surface area contributed by atoms with E-state index in [1.807, 2.05) is 52.1 Å². The fraction of sp³-hybridized carbons (Fsp3) is 0.522. The number of hydrogen-bond donors (Lipinski definition) is 1. The molecule has 0 saturated carbocycles. The molecule has 2 aromatic rings. The highest BCUT2D eigenvalue weighted by Gasteiger charge is 2.27. The van der Waals surface area contributed by atoms with Crippen LogP contribution in [0.2, 0.25) is 0 Å². The van der Waals surface area contributed by atoms with Gasteiger partial charge >= 0.3 is 6.09 Å². The largest absolute Gasteiger partial charge is 0.454 e. The Morgan fingerprint density at radius 2 is 1.94 bits per heavy atom. The Hall–Kier alpha value is -3.23. The number of nitrogens with one attached hydrogen (secondary N) is 1. The second-order valence-electron chi connectivity index (χ2n) is 9.25. The predicted molar refractivity (Wildman–Crippen MR) is 122 cm³/mol. The lowest BCUT2D eigenvalue weighted by atomic mass is 9.96. The van der Waals surface area contributed by atoms with Crippen molar-refractivity contribution in [2.75, 3.05) is 43.7 Å². The van der Waals surface area contributed by atoms with Crippen LogP contribution in [0.5, 0.6) is 11.5 Å². The number of ether oxygens (including phenoxy) is 3. The summed E-state index contributed by atoms with van der Waals surface area (Å²) in [5, 5.41) is 3.30. The molecule has 0 atom stereocenters. The molecule has 4 rings (SSSR count). The van der Waals surface area contributed by atoms with Gasteiger partial charge in [-0.3, -0.25) is 0 Å². The van der Waals surface area contributed by atoms with E-state index in [0.29, 0.717) is 24.8 Å². The van der Waals surface area contributed by atoms with Gasteiger partial charge in [0.15, 0.2) is 11.5 Å². The minimum absolute atomic E-state index is 0.223. The summed E-state index contributed by atoms with van der Waals surface area (Å²) < 4.78 is 16.3. The van der Waals surface area contributed by atoms with Crippen molar-refractivity contribution in [1.29, 1.82) is 0 Å². The van der Waals surface area contributed by atoms with Crippen molar-refractivity contribution in [2.45, 2.75) is 39.2 Å². The van der Waals surface area contributed by atoms with E-state index in [0.717, 1.165) is 42.4 Å². The van der Waals surface area contributed by atoms with Crippen LogP contribution in [-0.4, -0.2) is 60.0 Å². The molecular weight excluding hydrogens is 410 g/mol. The summed E-state index contributed by atoms with van der Waals surface area (Å²) in [6, 6.07) is 7.63. The maximum atomic E-state index is 12.3. The predicted octanol–water partition coefficient (Wildman–Crippen LogP) is 4.03. The van der Waals surface area contributed by atoms with Crippen LogP contribution in [0.15, 0.2) is 30.6 Å². The van der Waals surface area contributed by atoms with Crippen molar-refractivity contribution in [3.63, 3.8) is 0 Å². The average molecular weight is 442 g/mol. The van der Waals surface area contributed by atoms with Gasteiger partial charge in [0.25, 0.3) is 0 Å². The second-order valence-corrected chi connectivity index (χ2v) is 9.25. The molecule has 1 aromatic carbocycles. The topological polar surface area (TPSA) is 89.1 Å². The number of amides is 1. The molecule has 32 heavy (non-hydrogen) atoms. The number of rotatable bonds is 5. The van der Waals surface area contributed by atoms with Crippen LogP contribution in [0, 0.1) is 5.92 Å². The van der Waals surface area contributed by atoms with E-state index in [4.69, 9.17) is 14.2 Å². The molecule has 0 bridgehead atoms. The van der Waals surface area contributed by atoms with Crippen LogP contribution >= 0.6 is 0 Å². The highest BCUT2D eigenvalue weighted by atomic mass is 16.7. The van der Waals surface area contributed by atoms with E-state index in [1.54, 1.807) is 11.2 Å². The molecule has 1 fully saturated rings. The summed E-state index contributed by atoms with van der Waals surface area (Å²) in [5.41, 5.74) is 0.407. The first-order valence-corrected chi connectivity index (χ1v) is 10.9. The first-order valence-electron chi connectivity index (χ1n) is 10.9. The molecule has 9 nitrogen and oxygen atoms in total. The van der Waals surface area contributed by atoms with E-state index >= 15 is 0 Å². The Kier molecular flexibility index (Phi) is 6.25. The Labute approximate surface area is 188 Å². The summed E-state index contributed by atoms with van der Waals surface area (Å²) in [7, 11) is 2.03. The zero-order chi connectivity index (χ0) is 22.7. The van der Waals surface area contributed by atoms with Gasteiger partial charge in [-0.2, -0.15) is 0 Å². The second kappa shape index (κ2) is 9.10. The van der Waals surface area contributed by atoms with E-state index in [-0.39, 0.29) is 12.9 Å². The minimum Gasteiger partial charge on any atom is -0.454 e. The smallest absolute Gasteiger partial charge is 0.410 e. The monoisotopic (exact) mass is 441 g/mol. The van der Waals surface area contributed by atoms with Crippen molar-refractivity contribution in [2.24, 2.45) is 5.92 Å². The number of fused-ring (bicyclic) bond motifs is 1. The fourth-order valence-electron chi connectivity index (χ4n) is 3.85. The molecule has 172 valence electrons. The molecular formula is C23H31N5O4. The molecule has 1 amide bonds. The Balaban J connectivity index is 1.31. The lowest BCUT2D eigenvalue weighted by Crippen LogP contribution is -2.43. The van der Waals surface area contributed by atoms with Gasteiger partial charge in [-0.25, -0.2) is 14.8 Å². The van der Waals surface area contributed by atoms with E-state index in [9.17, 15) is 4.79 Å². The first kappa shape index (κ1) is 22.0. The van der Waals surface area contributed by atoms with Crippen LogP contribution < -0.4 is 19.7 Å². The first-order chi connectivity index (χ1) is 15.3. The highest BCUT2D eigenvalue weighted by Crippen LogP contribution is 2.35. The van der Waals surface area contributed by atoms with Crippen molar-refractivity contribution in [3.05, 3.63) is 30.6 Å². The van der Waals surface area contributed by atoms with Crippen molar-refractivity contribution in [1.82, 2.24) is 14.9 Å². The van der Waals surface area contributed by atoms with Crippen LogP contribution in [-0.2, 0) is 4.74 Å². The Morgan fingerprint density at radius 3 is 2.69 bits per heavy atom. The SMILES string of the molecule is CN(CC1CCN(C(=O)OC(C)(C)C)CC1)c1cc(Nc2ccc3c(c2)OCO3)ncn1. The molecule has 0 radical (unpaired) electrons. The van der Waals surface area contributed by atoms with Crippen molar-refractivity contribution < 1.29 is 19.0 Å². The third kappa shape index (κ3) is 5.52. The van der Waals surface area contributed by atoms with Gasteiger partial charge in [-0.1, -0.05) is 0 Å². The molecule has 0 aliphatic carbocycles. The van der Waals surface area contributed by atoms with Gasteiger partial charge in [0.1, 0.15) is 23.6 Å². The molecule has 9 heteroatoms. The molecule has 1 saturated heterocycles. The molecule has 0 spiro atoms. The number of benzene rings is 1. The van der Waals surface area contributed by atoms with Gasteiger partial charge in [0.05, 0.1) is 0 Å². The fourth-order valence-corrected chi connectivity index (χ4v) is 3.85. The minimum atomic E-state index is -0.465. The lowest BCUT2D eigenvalue weighted by Gasteiger charge is -2.35. The number of anilines is 3. The summed E-state index contributed by atoms with van der Waals surface area (Å²) in [6.07, 6.45) is 3.22. The number of nitrogens with zero attached hydrogens (tertiary/aromatic N) is 4. The zero-order valence-corrected chi connectivity index (χ0v) is 19.1. The normalized spacial score (nSPS) is 16.1. The van der Waals surface area contributed by atoms with Gasteiger partial charge in [0, 0.05) is 44.5 Å². The van der Waals surface area contributed by atoms with Gasteiger partial charge < -0.3 is 29.3 Å². The van der Waals surface area contributed by atoms with E-state index < -0.39 is 5.60 Å². The van der Waals surface area contributed by atoms with Gasteiger partial charge in [0.2, 0.25) is 6.79 Å². The van der Waals surface area contributed by atoms with Gasteiger partial charge in [-0.15, -0.1) is 0 Å². The standard InChI is InChI=1S/C23H31N5O4/c1-23(2,3)32-22(29)28-9-7-16(8-10-28)13-27(4)21-12-20(24-14-25-21)26-17-5-6-18-19(11-17)31-15-30-18/h5-6,11-12,14,16H,7-10,13,15H2,1-4H3,(H,24,25,26). The average Bonchev–Trinajstić information content (AvgIpc) is 3.21. The highest BCUT2D eigenvalue weighted by molar-refractivity contribution is 5.68. The summed E-state index contributed by atoms with van der Waals surface area (Å²) in [5.74, 6) is 3.51. The lowest BCUT2D eigenvalue weighted by molar-refractivity contribution is 0.0186. The number of aromatic nitrogens is 2. The maximum absolute atomic E-state index is 12.3. The number of piperidine rings is 1. The Bertz CT molecular complexity index is 954.